The second kappa shape index (κ2) is 8.39. The molecular formula is C18H22INO. The molecule has 2 aromatic carbocycles. The molecule has 0 saturated heterocycles. The van der Waals surface area contributed by atoms with E-state index in [0.717, 1.165) is 25.2 Å². The molecule has 0 aliphatic carbocycles. The summed E-state index contributed by atoms with van der Waals surface area (Å²) in [6.07, 6.45) is 2.03. The maximum atomic E-state index is 5.83. The van der Waals surface area contributed by atoms with Gasteiger partial charge in [0, 0.05) is 9.61 Å². The molecule has 2 nitrogen and oxygen atoms in total. The van der Waals surface area contributed by atoms with E-state index in [2.05, 4.69) is 71.2 Å². The van der Waals surface area contributed by atoms with Crippen LogP contribution in [0.1, 0.15) is 17.5 Å². The molecule has 0 bridgehead atoms. The largest absolute Gasteiger partial charge is 0.494 e. The molecule has 112 valence electrons. The van der Waals surface area contributed by atoms with Gasteiger partial charge in [0.2, 0.25) is 0 Å². The molecule has 0 amide bonds. The van der Waals surface area contributed by atoms with Gasteiger partial charge in [-0.1, -0.05) is 24.3 Å². The molecule has 1 unspecified atom stereocenters. The van der Waals surface area contributed by atoms with Crippen LogP contribution in [-0.4, -0.2) is 19.7 Å². The lowest BCUT2D eigenvalue weighted by atomic mass is 10.0. The third kappa shape index (κ3) is 5.67. The Morgan fingerprint density at radius 3 is 2.57 bits per heavy atom. The zero-order valence-electron chi connectivity index (χ0n) is 12.6. The zero-order valence-corrected chi connectivity index (χ0v) is 14.8. The van der Waals surface area contributed by atoms with Crippen LogP contribution >= 0.6 is 22.6 Å². The van der Waals surface area contributed by atoms with Gasteiger partial charge in [0.05, 0.1) is 6.61 Å². The number of hydrogen-bond donors (Lipinski definition) is 1. The number of likely N-dealkylation sites (N-methyl/N-ethyl adjacent to an activating group) is 1. The van der Waals surface area contributed by atoms with Crippen LogP contribution in [0.2, 0.25) is 0 Å². The van der Waals surface area contributed by atoms with Crippen molar-refractivity contribution in [3.05, 3.63) is 63.2 Å². The Morgan fingerprint density at radius 1 is 1.14 bits per heavy atom. The van der Waals surface area contributed by atoms with Gasteiger partial charge in [-0.05, 0) is 84.8 Å². The first-order valence-corrected chi connectivity index (χ1v) is 8.36. The van der Waals surface area contributed by atoms with Crippen molar-refractivity contribution in [2.75, 3.05) is 13.7 Å². The molecular weight excluding hydrogens is 373 g/mol. The predicted octanol–water partition coefficient (Wildman–Crippen LogP) is 4.20. The molecule has 0 saturated carbocycles. The Balaban J connectivity index is 1.81. The van der Waals surface area contributed by atoms with E-state index in [1.54, 1.807) is 0 Å². The van der Waals surface area contributed by atoms with Crippen molar-refractivity contribution < 1.29 is 4.74 Å². The predicted molar refractivity (Wildman–Crippen MR) is 97.0 cm³/mol. The Kier molecular flexibility index (Phi) is 6.51. The van der Waals surface area contributed by atoms with Crippen molar-refractivity contribution in [1.82, 2.24) is 5.32 Å². The standard InChI is InChI=1S/C18H22INO/c1-14-4-3-5-18(12-14)21-11-10-17(20-2)13-15-6-8-16(19)9-7-15/h3-9,12,17,20H,10-11,13H2,1-2H3. The maximum Gasteiger partial charge on any atom is 0.119 e. The summed E-state index contributed by atoms with van der Waals surface area (Å²) in [7, 11) is 2.02. The summed E-state index contributed by atoms with van der Waals surface area (Å²) in [5.74, 6) is 0.958. The Bertz CT molecular complexity index is 553. The summed E-state index contributed by atoms with van der Waals surface area (Å²) in [6, 6.07) is 17.4. The SMILES string of the molecule is CNC(CCOc1cccc(C)c1)Cc1ccc(I)cc1. The summed E-state index contributed by atoms with van der Waals surface area (Å²) in [5.41, 5.74) is 2.60. The number of benzene rings is 2. The van der Waals surface area contributed by atoms with Crippen LogP contribution in [0.5, 0.6) is 5.75 Å². The van der Waals surface area contributed by atoms with E-state index in [4.69, 9.17) is 4.74 Å². The second-order valence-electron chi connectivity index (χ2n) is 5.27. The van der Waals surface area contributed by atoms with Crippen LogP contribution in [0, 0.1) is 10.5 Å². The topological polar surface area (TPSA) is 21.3 Å². The van der Waals surface area contributed by atoms with Crippen molar-refractivity contribution >= 4 is 22.6 Å². The van der Waals surface area contributed by atoms with E-state index in [0.29, 0.717) is 6.04 Å². The van der Waals surface area contributed by atoms with Crippen molar-refractivity contribution in [3.8, 4) is 5.75 Å². The van der Waals surface area contributed by atoms with Gasteiger partial charge in [-0.25, -0.2) is 0 Å². The van der Waals surface area contributed by atoms with Gasteiger partial charge < -0.3 is 10.1 Å². The number of hydrogen-bond acceptors (Lipinski definition) is 2. The molecule has 0 radical (unpaired) electrons. The van der Waals surface area contributed by atoms with Gasteiger partial charge in [-0.3, -0.25) is 0 Å². The molecule has 21 heavy (non-hydrogen) atoms. The fourth-order valence-electron chi connectivity index (χ4n) is 2.28. The molecule has 0 aliphatic heterocycles. The number of rotatable bonds is 7. The third-order valence-corrected chi connectivity index (χ3v) is 4.25. The van der Waals surface area contributed by atoms with Crippen LogP contribution in [0.3, 0.4) is 0 Å². The highest BCUT2D eigenvalue weighted by atomic mass is 127. The summed E-state index contributed by atoms with van der Waals surface area (Å²) >= 11 is 2.34. The normalized spacial score (nSPS) is 12.1. The van der Waals surface area contributed by atoms with Gasteiger partial charge in [0.15, 0.2) is 0 Å². The Morgan fingerprint density at radius 2 is 1.90 bits per heavy atom. The summed E-state index contributed by atoms with van der Waals surface area (Å²) in [6.45, 7) is 2.82. The van der Waals surface area contributed by atoms with E-state index in [1.165, 1.54) is 14.7 Å². The molecule has 0 spiro atoms. The highest BCUT2D eigenvalue weighted by Crippen LogP contribution is 2.14. The number of nitrogens with one attached hydrogen (secondary N) is 1. The van der Waals surface area contributed by atoms with Gasteiger partial charge in [-0.15, -0.1) is 0 Å². The molecule has 0 heterocycles. The first-order chi connectivity index (χ1) is 10.2. The van der Waals surface area contributed by atoms with Crippen molar-refractivity contribution in [2.45, 2.75) is 25.8 Å². The van der Waals surface area contributed by atoms with Crippen molar-refractivity contribution in [2.24, 2.45) is 0 Å². The summed E-state index contributed by atoms with van der Waals surface area (Å²) in [4.78, 5) is 0. The molecule has 2 rings (SSSR count). The van der Waals surface area contributed by atoms with Gasteiger partial charge >= 0.3 is 0 Å². The van der Waals surface area contributed by atoms with Crippen LogP contribution in [-0.2, 0) is 6.42 Å². The van der Waals surface area contributed by atoms with Gasteiger partial charge in [-0.2, -0.15) is 0 Å². The third-order valence-electron chi connectivity index (χ3n) is 3.53. The molecule has 0 fully saturated rings. The highest BCUT2D eigenvalue weighted by Gasteiger charge is 2.07. The van der Waals surface area contributed by atoms with E-state index in [-0.39, 0.29) is 0 Å². The summed E-state index contributed by atoms with van der Waals surface area (Å²) in [5, 5.41) is 3.38. The Hall–Kier alpha value is -1.07. The number of halogens is 1. The van der Waals surface area contributed by atoms with Crippen molar-refractivity contribution in [3.63, 3.8) is 0 Å². The smallest absolute Gasteiger partial charge is 0.119 e. The summed E-state index contributed by atoms with van der Waals surface area (Å²) < 4.78 is 7.11. The van der Waals surface area contributed by atoms with E-state index < -0.39 is 0 Å². The van der Waals surface area contributed by atoms with Crippen LogP contribution in [0.25, 0.3) is 0 Å². The van der Waals surface area contributed by atoms with Crippen LogP contribution in [0.4, 0.5) is 0 Å². The molecule has 0 aliphatic rings. The molecule has 2 aromatic rings. The minimum absolute atomic E-state index is 0.440. The average molecular weight is 395 g/mol. The Labute approximate surface area is 141 Å². The van der Waals surface area contributed by atoms with Gasteiger partial charge in [0.25, 0.3) is 0 Å². The monoisotopic (exact) mass is 395 g/mol. The lowest BCUT2D eigenvalue weighted by molar-refractivity contribution is 0.288. The zero-order chi connectivity index (χ0) is 15.1. The number of ether oxygens (including phenoxy) is 1. The molecule has 1 atom stereocenters. The van der Waals surface area contributed by atoms with Crippen molar-refractivity contribution in [1.29, 1.82) is 0 Å². The molecule has 3 heteroatoms. The number of aryl methyl sites for hydroxylation is 1. The lowest BCUT2D eigenvalue weighted by Gasteiger charge is -2.17. The quantitative estimate of drug-likeness (QED) is 0.710. The van der Waals surface area contributed by atoms with Gasteiger partial charge in [0.1, 0.15) is 5.75 Å². The fraction of sp³-hybridized carbons (Fsp3) is 0.333. The van der Waals surface area contributed by atoms with E-state index in [9.17, 15) is 0 Å². The van der Waals surface area contributed by atoms with E-state index in [1.807, 2.05) is 19.2 Å². The first-order valence-electron chi connectivity index (χ1n) is 7.28. The minimum atomic E-state index is 0.440. The van der Waals surface area contributed by atoms with Crippen LogP contribution < -0.4 is 10.1 Å². The average Bonchev–Trinajstić information content (AvgIpc) is 2.48. The highest BCUT2D eigenvalue weighted by molar-refractivity contribution is 14.1. The van der Waals surface area contributed by atoms with Crippen LogP contribution in [0.15, 0.2) is 48.5 Å². The molecule has 1 N–H and O–H groups in total. The second-order valence-corrected chi connectivity index (χ2v) is 6.52. The minimum Gasteiger partial charge on any atom is -0.494 e. The van der Waals surface area contributed by atoms with E-state index >= 15 is 0 Å². The fourth-order valence-corrected chi connectivity index (χ4v) is 2.64. The first kappa shape index (κ1) is 16.3. The maximum absolute atomic E-state index is 5.83. The lowest BCUT2D eigenvalue weighted by Crippen LogP contribution is -2.29. The molecule has 0 aromatic heterocycles.